The summed E-state index contributed by atoms with van der Waals surface area (Å²) in [6.07, 6.45) is 4.24. The second-order valence-corrected chi connectivity index (χ2v) is 6.03. The van der Waals surface area contributed by atoms with Gasteiger partial charge >= 0.3 is 0 Å². The SMILES string of the molecule is CCCCCCCNC(=O)CNC(=O)[C@H](O)C(C)(C)CO. The van der Waals surface area contributed by atoms with Gasteiger partial charge in [-0.05, 0) is 6.42 Å². The average molecular weight is 302 g/mol. The van der Waals surface area contributed by atoms with Crippen LogP contribution in [-0.4, -0.2) is 47.8 Å². The Morgan fingerprint density at radius 2 is 1.71 bits per heavy atom. The average Bonchev–Trinajstić information content (AvgIpc) is 2.47. The lowest BCUT2D eigenvalue weighted by atomic mass is 9.87. The molecule has 0 bridgehead atoms. The van der Waals surface area contributed by atoms with Crippen LogP contribution in [0.4, 0.5) is 0 Å². The Morgan fingerprint density at radius 3 is 2.29 bits per heavy atom. The number of carbonyl (C=O) groups is 2. The van der Waals surface area contributed by atoms with E-state index in [1.54, 1.807) is 13.8 Å². The molecule has 0 fully saturated rings. The minimum Gasteiger partial charge on any atom is -0.396 e. The molecule has 0 saturated carbocycles. The monoisotopic (exact) mass is 302 g/mol. The maximum atomic E-state index is 11.6. The van der Waals surface area contributed by atoms with Gasteiger partial charge < -0.3 is 20.8 Å². The molecule has 0 rings (SSSR count). The van der Waals surface area contributed by atoms with E-state index in [0.717, 1.165) is 12.8 Å². The van der Waals surface area contributed by atoms with Crippen molar-refractivity contribution in [1.29, 1.82) is 0 Å². The van der Waals surface area contributed by atoms with E-state index in [1.165, 1.54) is 19.3 Å². The molecule has 0 spiro atoms. The van der Waals surface area contributed by atoms with Gasteiger partial charge in [-0.15, -0.1) is 0 Å². The maximum Gasteiger partial charge on any atom is 0.249 e. The van der Waals surface area contributed by atoms with E-state index >= 15 is 0 Å². The normalized spacial score (nSPS) is 12.8. The zero-order valence-electron chi connectivity index (χ0n) is 13.4. The summed E-state index contributed by atoms with van der Waals surface area (Å²) in [6.45, 7) is 5.43. The molecule has 0 unspecified atom stereocenters. The molecular weight excluding hydrogens is 272 g/mol. The molecule has 0 aromatic heterocycles. The molecular formula is C15H30N2O4. The molecule has 0 aromatic carbocycles. The van der Waals surface area contributed by atoms with Gasteiger partial charge in [0.05, 0.1) is 13.2 Å². The van der Waals surface area contributed by atoms with Crippen molar-refractivity contribution in [2.75, 3.05) is 19.7 Å². The molecule has 6 heteroatoms. The highest BCUT2D eigenvalue weighted by molar-refractivity contribution is 5.87. The molecule has 0 aliphatic heterocycles. The number of hydrogen-bond donors (Lipinski definition) is 4. The van der Waals surface area contributed by atoms with E-state index in [1.807, 2.05) is 0 Å². The van der Waals surface area contributed by atoms with Crippen molar-refractivity contribution in [3.05, 3.63) is 0 Å². The van der Waals surface area contributed by atoms with Crippen LogP contribution in [-0.2, 0) is 9.59 Å². The van der Waals surface area contributed by atoms with Crippen LogP contribution in [0.3, 0.4) is 0 Å². The second-order valence-electron chi connectivity index (χ2n) is 6.03. The van der Waals surface area contributed by atoms with Crippen LogP contribution in [0.25, 0.3) is 0 Å². The van der Waals surface area contributed by atoms with E-state index in [9.17, 15) is 14.7 Å². The van der Waals surface area contributed by atoms with E-state index in [0.29, 0.717) is 6.54 Å². The van der Waals surface area contributed by atoms with E-state index in [4.69, 9.17) is 5.11 Å². The van der Waals surface area contributed by atoms with Gasteiger partial charge in [0.25, 0.3) is 0 Å². The van der Waals surface area contributed by atoms with Gasteiger partial charge in [0.2, 0.25) is 11.8 Å². The van der Waals surface area contributed by atoms with E-state index in [2.05, 4.69) is 17.6 Å². The van der Waals surface area contributed by atoms with Gasteiger partial charge in [-0.2, -0.15) is 0 Å². The van der Waals surface area contributed by atoms with Crippen molar-refractivity contribution < 1.29 is 19.8 Å². The Bertz CT molecular complexity index is 319. The van der Waals surface area contributed by atoms with Crippen molar-refractivity contribution in [2.45, 2.75) is 59.0 Å². The van der Waals surface area contributed by atoms with Crippen LogP contribution < -0.4 is 10.6 Å². The Morgan fingerprint density at radius 1 is 1.10 bits per heavy atom. The largest absolute Gasteiger partial charge is 0.396 e. The van der Waals surface area contributed by atoms with Crippen molar-refractivity contribution in [1.82, 2.24) is 10.6 Å². The lowest BCUT2D eigenvalue weighted by Crippen LogP contribution is -2.48. The van der Waals surface area contributed by atoms with Crippen molar-refractivity contribution in [3.63, 3.8) is 0 Å². The summed E-state index contributed by atoms with van der Waals surface area (Å²) in [4.78, 5) is 23.2. The molecule has 0 aliphatic carbocycles. The molecule has 6 nitrogen and oxygen atoms in total. The Hall–Kier alpha value is -1.14. The number of nitrogens with one attached hydrogen (secondary N) is 2. The fraction of sp³-hybridized carbons (Fsp3) is 0.867. The third-order valence-electron chi connectivity index (χ3n) is 3.42. The van der Waals surface area contributed by atoms with Gasteiger partial charge in [-0.1, -0.05) is 46.5 Å². The summed E-state index contributed by atoms with van der Waals surface area (Å²) < 4.78 is 0. The molecule has 4 N–H and O–H groups in total. The molecule has 21 heavy (non-hydrogen) atoms. The lowest BCUT2D eigenvalue weighted by molar-refractivity contribution is -0.138. The second kappa shape index (κ2) is 10.6. The smallest absolute Gasteiger partial charge is 0.249 e. The molecule has 1 atom stereocenters. The molecule has 0 aliphatic rings. The first-order valence-corrected chi connectivity index (χ1v) is 7.68. The molecule has 0 saturated heterocycles. The first-order chi connectivity index (χ1) is 9.85. The number of unbranched alkanes of at least 4 members (excludes halogenated alkanes) is 4. The lowest BCUT2D eigenvalue weighted by Gasteiger charge is -2.26. The third kappa shape index (κ3) is 8.67. The van der Waals surface area contributed by atoms with Crippen LogP contribution in [0.15, 0.2) is 0 Å². The van der Waals surface area contributed by atoms with Crippen molar-refractivity contribution >= 4 is 11.8 Å². The fourth-order valence-electron chi connectivity index (χ4n) is 1.72. The summed E-state index contributed by atoms with van der Waals surface area (Å²) in [7, 11) is 0. The number of aliphatic hydroxyl groups is 2. The summed E-state index contributed by atoms with van der Waals surface area (Å²) in [6, 6.07) is 0. The predicted molar refractivity (Wildman–Crippen MR) is 81.7 cm³/mol. The van der Waals surface area contributed by atoms with E-state index in [-0.39, 0.29) is 19.1 Å². The number of aliphatic hydroxyl groups excluding tert-OH is 2. The van der Waals surface area contributed by atoms with Crippen LogP contribution in [0.5, 0.6) is 0 Å². The molecule has 0 heterocycles. The van der Waals surface area contributed by atoms with Crippen LogP contribution in [0.1, 0.15) is 52.9 Å². The zero-order valence-corrected chi connectivity index (χ0v) is 13.4. The van der Waals surface area contributed by atoms with Crippen LogP contribution in [0, 0.1) is 5.41 Å². The number of amides is 2. The van der Waals surface area contributed by atoms with Crippen molar-refractivity contribution in [3.8, 4) is 0 Å². The van der Waals surface area contributed by atoms with Crippen LogP contribution in [0.2, 0.25) is 0 Å². The highest BCUT2D eigenvalue weighted by Gasteiger charge is 2.32. The van der Waals surface area contributed by atoms with E-state index < -0.39 is 17.4 Å². The molecule has 0 aromatic rings. The standard InChI is InChI=1S/C15H30N2O4/c1-4-5-6-7-8-9-16-12(19)10-17-14(21)13(20)15(2,3)11-18/h13,18,20H,4-11H2,1-3H3,(H,16,19)(H,17,21)/t13-/m0/s1. The first-order valence-electron chi connectivity index (χ1n) is 7.68. The minimum absolute atomic E-state index is 0.160. The summed E-state index contributed by atoms with van der Waals surface area (Å²) in [5.74, 6) is -0.917. The van der Waals surface area contributed by atoms with Gasteiger partial charge in [0.1, 0.15) is 6.10 Å². The highest BCUT2D eigenvalue weighted by Crippen LogP contribution is 2.19. The maximum absolute atomic E-state index is 11.6. The summed E-state index contributed by atoms with van der Waals surface area (Å²) >= 11 is 0. The Kier molecular flexibility index (Phi) is 9.99. The Labute approximate surface area is 127 Å². The zero-order chi connectivity index (χ0) is 16.3. The fourth-order valence-corrected chi connectivity index (χ4v) is 1.72. The summed E-state index contributed by atoms with van der Waals surface area (Å²) in [5.41, 5.74) is -0.931. The number of carbonyl (C=O) groups excluding carboxylic acids is 2. The Balaban J connectivity index is 3.80. The molecule has 2 amide bonds. The van der Waals surface area contributed by atoms with Gasteiger partial charge in [-0.25, -0.2) is 0 Å². The van der Waals surface area contributed by atoms with Crippen molar-refractivity contribution in [2.24, 2.45) is 5.41 Å². The van der Waals surface area contributed by atoms with Gasteiger partial charge in [0, 0.05) is 12.0 Å². The number of rotatable bonds is 11. The first kappa shape index (κ1) is 19.9. The summed E-state index contributed by atoms with van der Waals surface area (Å²) in [5, 5.41) is 23.9. The highest BCUT2D eigenvalue weighted by atomic mass is 16.3. The number of hydrogen-bond acceptors (Lipinski definition) is 4. The molecule has 0 radical (unpaired) electrons. The minimum atomic E-state index is -1.34. The van der Waals surface area contributed by atoms with Crippen LogP contribution >= 0.6 is 0 Å². The quantitative estimate of drug-likeness (QED) is 0.419. The topological polar surface area (TPSA) is 98.7 Å². The predicted octanol–water partition coefficient (Wildman–Crippen LogP) is 0.569. The molecule has 124 valence electrons. The van der Waals surface area contributed by atoms with Gasteiger partial charge in [-0.3, -0.25) is 9.59 Å². The third-order valence-corrected chi connectivity index (χ3v) is 3.42. The van der Waals surface area contributed by atoms with Gasteiger partial charge in [0.15, 0.2) is 0 Å².